The first kappa shape index (κ1) is 10.1. The molecule has 72 valence electrons. The lowest BCUT2D eigenvalue weighted by atomic mass is 10.3. The Morgan fingerprint density at radius 3 is 2.15 bits per heavy atom. The van der Waals surface area contributed by atoms with Gasteiger partial charge in [-0.05, 0) is 31.2 Å². The van der Waals surface area contributed by atoms with E-state index < -0.39 is 9.84 Å². The summed E-state index contributed by atoms with van der Waals surface area (Å²) in [5.41, 5.74) is 0. The van der Waals surface area contributed by atoms with Gasteiger partial charge in [0.05, 0.1) is 11.5 Å². The quantitative estimate of drug-likeness (QED) is 0.742. The fourth-order valence-corrected chi connectivity index (χ4v) is 1.58. The van der Waals surface area contributed by atoms with E-state index in [4.69, 9.17) is 4.74 Å². The number of rotatable bonds is 3. The van der Waals surface area contributed by atoms with Crippen LogP contribution in [0.2, 0.25) is 0 Å². The van der Waals surface area contributed by atoms with Crippen LogP contribution in [0, 0.1) is 0 Å². The van der Waals surface area contributed by atoms with Crippen molar-refractivity contribution >= 4 is 9.84 Å². The highest BCUT2D eigenvalue weighted by molar-refractivity contribution is 7.90. The first-order valence-electron chi connectivity index (χ1n) is 3.97. The molecule has 0 spiro atoms. The zero-order valence-corrected chi connectivity index (χ0v) is 8.47. The minimum atomic E-state index is -3.09. The van der Waals surface area contributed by atoms with Crippen LogP contribution in [0.1, 0.15) is 6.92 Å². The third-order valence-corrected chi connectivity index (χ3v) is 2.69. The highest BCUT2D eigenvalue weighted by Crippen LogP contribution is 2.15. The van der Waals surface area contributed by atoms with Gasteiger partial charge < -0.3 is 4.74 Å². The van der Waals surface area contributed by atoms with E-state index in [2.05, 4.69) is 0 Å². The van der Waals surface area contributed by atoms with E-state index in [0.29, 0.717) is 17.3 Å². The van der Waals surface area contributed by atoms with E-state index in [1.54, 1.807) is 24.3 Å². The molecule has 13 heavy (non-hydrogen) atoms. The minimum Gasteiger partial charge on any atom is -0.494 e. The Kier molecular flexibility index (Phi) is 2.93. The third-order valence-electron chi connectivity index (χ3n) is 1.56. The van der Waals surface area contributed by atoms with Crippen molar-refractivity contribution in [2.45, 2.75) is 11.8 Å². The van der Waals surface area contributed by atoms with Crippen LogP contribution in [-0.2, 0) is 9.84 Å². The Labute approximate surface area is 78.3 Å². The molecular weight excluding hydrogens is 188 g/mol. The summed E-state index contributed by atoms with van der Waals surface area (Å²) in [5.74, 6) is 0.690. The molecule has 1 rings (SSSR count). The molecule has 0 fully saturated rings. The topological polar surface area (TPSA) is 43.4 Å². The van der Waals surface area contributed by atoms with Crippen LogP contribution in [0.4, 0.5) is 0 Å². The summed E-state index contributed by atoms with van der Waals surface area (Å²) < 4.78 is 27.3. The third kappa shape index (κ3) is 2.73. The van der Waals surface area contributed by atoms with Gasteiger partial charge in [-0.3, -0.25) is 0 Å². The summed E-state index contributed by atoms with van der Waals surface area (Å²) in [7, 11) is -3.09. The van der Waals surface area contributed by atoms with E-state index in [9.17, 15) is 8.42 Å². The smallest absolute Gasteiger partial charge is 0.175 e. The summed E-state index contributed by atoms with van der Waals surface area (Å²) in [5, 5.41) is 0. The molecule has 0 aliphatic rings. The number of ether oxygens (including phenoxy) is 1. The number of sulfone groups is 1. The molecule has 0 radical (unpaired) electrons. The van der Waals surface area contributed by atoms with Crippen LogP contribution in [0.5, 0.6) is 5.75 Å². The molecule has 0 aromatic heterocycles. The van der Waals surface area contributed by atoms with E-state index >= 15 is 0 Å². The van der Waals surface area contributed by atoms with Crippen molar-refractivity contribution < 1.29 is 13.2 Å². The van der Waals surface area contributed by atoms with Crippen LogP contribution in [0.25, 0.3) is 0 Å². The standard InChI is InChI=1S/C9H12O3S/c1-3-12-8-4-6-9(7-5-8)13(2,10)11/h4-7H,3H2,1-2H3. The Hall–Kier alpha value is -1.03. The van der Waals surface area contributed by atoms with E-state index in [-0.39, 0.29) is 0 Å². The fourth-order valence-electron chi connectivity index (χ4n) is 0.950. The molecule has 0 amide bonds. The van der Waals surface area contributed by atoms with E-state index in [0.717, 1.165) is 0 Å². The van der Waals surface area contributed by atoms with Crippen LogP contribution in [-0.4, -0.2) is 21.3 Å². The largest absolute Gasteiger partial charge is 0.494 e. The van der Waals surface area contributed by atoms with Crippen molar-refractivity contribution in [2.75, 3.05) is 12.9 Å². The highest BCUT2D eigenvalue weighted by Gasteiger charge is 2.05. The minimum absolute atomic E-state index is 0.316. The predicted molar refractivity (Wildman–Crippen MR) is 50.7 cm³/mol. The van der Waals surface area contributed by atoms with Crippen molar-refractivity contribution in [3.63, 3.8) is 0 Å². The van der Waals surface area contributed by atoms with Gasteiger partial charge in [-0.1, -0.05) is 0 Å². The van der Waals surface area contributed by atoms with Gasteiger partial charge >= 0.3 is 0 Å². The van der Waals surface area contributed by atoms with Gasteiger partial charge in [0, 0.05) is 6.26 Å². The number of benzene rings is 1. The Balaban J connectivity index is 2.94. The predicted octanol–water partition coefficient (Wildman–Crippen LogP) is 1.49. The summed E-state index contributed by atoms with van der Waals surface area (Å²) in [6.45, 7) is 2.46. The van der Waals surface area contributed by atoms with Gasteiger partial charge in [-0.25, -0.2) is 8.42 Å². The molecule has 0 bridgehead atoms. The maximum atomic E-state index is 11.1. The Morgan fingerprint density at radius 1 is 1.23 bits per heavy atom. The Bertz CT molecular complexity index is 364. The van der Waals surface area contributed by atoms with Crippen LogP contribution < -0.4 is 4.74 Å². The molecule has 0 N–H and O–H groups in total. The lowest BCUT2D eigenvalue weighted by Crippen LogP contribution is -1.97. The van der Waals surface area contributed by atoms with Crippen molar-refractivity contribution in [1.82, 2.24) is 0 Å². The molecule has 0 saturated heterocycles. The molecule has 0 saturated carbocycles. The normalized spacial score (nSPS) is 11.2. The second-order valence-electron chi connectivity index (χ2n) is 2.68. The second kappa shape index (κ2) is 3.79. The van der Waals surface area contributed by atoms with Gasteiger partial charge in [-0.15, -0.1) is 0 Å². The molecule has 0 aliphatic carbocycles. The van der Waals surface area contributed by atoms with Crippen LogP contribution in [0.15, 0.2) is 29.2 Å². The first-order chi connectivity index (χ1) is 6.04. The lowest BCUT2D eigenvalue weighted by Gasteiger charge is -2.03. The monoisotopic (exact) mass is 200 g/mol. The molecule has 0 heterocycles. The Morgan fingerprint density at radius 2 is 1.77 bits per heavy atom. The average Bonchev–Trinajstić information content (AvgIpc) is 2.04. The maximum Gasteiger partial charge on any atom is 0.175 e. The van der Waals surface area contributed by atoms with Gasteiger partial charge in [0.25, 0.3) is 0 Å². The summed E-state index contributed by atoms with van der Waals surface area (Å²) >= 11 is 0. The van der Waals surface area contributed by atoms with E-state index in [1.165, 1.54) is 6.26 Å². The van der Waals surface area contributed by atoms with Gasteiger partial charge in [0.1, 0.15) is 5.75 Å². The number of hydrogen-bond donors (Lipinski definition) is 0. The van der Waals surface area contributed by atoms with Crippen molar-refractivity contribution in [3.8, 4) is 5.75 Å². The molecule has 1 aromatic rings. The van der Waals surface area contributed by atoms with Crippen molar-refractivity contribution in [3.05, 3.63) is 24.3 Å². The summed E-state index contributed by atoms with van der Waals surface area (Å²) in [6, 6.07) is 6.39. The maximum absolute atomic E-state index is 11.1. The molecule has 4 heteroatoms. The summed E-state index contributed by atoms with van der Waals surface area (Å²) in [6.07, 6.45) is 1.18. The molecule has 3 nitrogen and oxygen atoms in total. The first-order valence-corrected chi connectivity index (χ1v) is 5.86. The molecular formula is C9H12O3S. The highest BCUT2D eigenvalue weighted by atomic mass is 32.2. The molecule has 0 atom stereocenters. The van der Waals surface area contributed by atoms with Crippen LogP contribution >= 0.6 is 0 Å². The van der Waals surface area contributed by atoms with Crippen LogP contribution in [0.3, 0.4) is 0 Å². The zero-order valence-electron chi connectivity index (χ0n) is 7.65. The van der Waals surface area contributed by atoms with Gasteiger partial charge in [0.2, 0.25) is 0 Å². The SMILES string of the molecule is CCOc1ccc(S(C)(=O)=O)cc1. The van der Waals surface area contributed by atoms with E-state index in [1.807, 2.05) is 6.92 Å². The van der Waals surface area contributed by atoms with Gasteiger partial charge in [0.15, 0.2) is 9.84 Å². The molecule has 1 aromatic carbocycles. The van der Waals surface area contributed by atoms with Crippen molar-refractivity contribution in [1.29, 1.82) is 0 Å². The molecule has 0 aliphatic heterocycles. The fraction of sp³-hybridized carbons (Fsp3) is 0.333. The summed E-state index contributed by atoms with van der Waals surface area (Å²) in [4.78, 5) is 0.316. The number of hydrogen-bond acceptors (Lipinski definition) is 3. The molecule has 0 unspecified atom stereocenters. The zero-order chi connectivity index (χ0) is 9.90. The van der Waals surface area contributed by atoms with Gasteiger partial charge in [-0.2, -0.15) is 0 Å². The average molecular weight is 200 g/mol. The van der Waals surface area contributed by atoms with Crippen molar-refractivity contribution in [2.24, 2.45) is 0 Å². The lowest BCUT2D eigenvalue weighted by molar-refractivity contribution is 0.340. The second-order valence-corrected chi connectivity index (χ2v) is 4.69.